The molecule has 212 valence electrons. The van der Waals surface area contributed by atoms with Crippen LogP contribution in [0.15, 0.2) is 30.3 Å². The van der Waals surface area contributed by atoms with E-state index in [1.54, 1.807) is 39.0 Å². The minimum atomic E-state index is -2.07. The summed E-state index contributed by atoms with van der Waals surface area (Å²) in [5.74, 6) is -6.47. The lowest BCUT2D eigenvalue weighted by molar-refractivity contribution is -0.349. The van der Waals surface area contributed by atoms with E-state index in [9.17, 15) is 34.5 Å². The third kappa shape index (κ3) is 3.61. The first-order valence-electron chi connectivity index (χ1n) is 13.4. The molecule has 1 aliphatic heterocycles. The average Bonchev–Trinajstić information content (AvgIpc) is 2.87. The van der Waals surface area contributed by atoms with Crippen molar-refractivity contribution in [2.24, 2.45) is 28.6 Å². The van der Waals surface area contributed by atoms with Crippen molar-refractivity contribution in [3.63, 3.8) is 0 Å². The Bertz CT molecular complexity index is 1210. The molecule has 39 heavy (non-hydrogen) atoms. The predicted molar refractivity (Wildman–Crippen MR) is 134 cm³/mol. The second kappa shape index (κ2) is 8.92. The molecule has 3 saturated carbocycles. The Balaban J connectivity index is 1.80. The van der Waals surface area contributed by atoms with Crippen LogP contribution in [-0.2, 0) is 28.6 Å². The van der Waals surface area contributed by atoms with Crippen molar-refractivity contribution in [3.8, 4) is 0 Å². The van der Waals surface area contributed by atoms with E-state index < -0.39 is 87.7 Å². The molecule has 5 rings (SSSR count). The third-order valence-corrected chi connectivity index (χ3v) is 10.2. The van der Waals surface area contributed by atoms with Gasteiger partial charge in [0.1, 0.15) is 17.8 Å². The zero-order valence-electron chi connectivity index (χ0n) is 22.7. The van der Waals surface area contributed by atoms with Crippen LogP contribution in [0, 0.1) is 28.6 Å². The lowest BCUT2D eigenvalue weighted by atomic mass is 9.42. The predicted octanol–water partition coefficient (Wildman–Crippen LogP) is 1.23. The lowest BCUT2D eigenvalue weighted by Crippen LogP contribution is -2.82. The van der Waals surface area contributed by atoms with Crippen molar-refractivity contribution < 1.29 is 48.7 Å². The average molecular weight is 545 g/mol. The Morgan fingerprint density at radius 3 is 2.28 bits per heavy atom. The minimum Gasteiger partial charge on any atom is -0.455 e. The molecular weight excluding hydrogens is 508 g/mol. The fraction of sp³-hybridized carbons (Fsp3) is 0.655. The van der Waals surface area contributed by atoms with Gasteiger partial charge in [0.15, 0.2) is 5.60 Å². The second-order valence-corrected chi connectivity index (χ2v) is 12.5. The highest BCUT2D eigenvalue weighted by molar-refractivity contribution is 6.40. The van der Waals surface area contributed by atoms with Crippen LogP contribution in [0.1, 0.15) is 57.8 Å². The molecule has 1 aromatic rings. The maximum atomic E-state index is 14.2. The molecule has 1 heterocycles. The van der Waals surface area contributed by atoms with Crippen molar-refractivity contribution in [2.75, 3.05) is 6.61 Å². The third-order valence-electron chi connectivity index (χ3n) is 10.2. The van der Waals surface area contributed by atoms with E-state index in [0.29, 0.717) is 0 Å². The standard InChI is InChI=1S/C29H36O10/c1-14-17(31)12-29(36)24(38-25(35)16-9-7-6-8-10-16)22-27(5,23(34)21(33)20(14)26(29,3)4)18(32)11-19-28(22,13-37-19)39-15(2)30/h6-10,14,17-20,22,24,31-32,36H,11-13H2,1-5H3/t14?,17?,18?,19-,20?,22+,24+,27-,28+,29-/m1/s1. The Hall–Kier alpha value is -2.66. The van der Waals surface area contributed by atoms with Gasteiger partial charge in [0.05, 0.1) is 35.7 Å². The number of ether oxygens (including phenoxy) is 3. The zero-order valence-corrected chi connectivity index (χ0v) is 22.7. The number of carbonyl (C=O) groups is 4. The smallest absolute Gasteiger partial charge is 0.338 e. The number of aliphatic hydroxyl groups is 3. The highest BCUT2D eigenvalue weighted by atomic mass is 16.6. The number of fused-ring (bicyclic) bond motifs is 5. The van der Waals surface area contributed by atoms with Crippen LogP contribution in [0.2, 0.25) is 0 Å². The van der Waals surface area contributed by atoms with Crippen LogP contribution in [0.5, 0.6) is 0 Å². The van der Waals surface area contributed by atoms with Gasteiger partial charge in [-0.1, -0.05) is 39.0 Å². The van der Waals surface area contributed by atoms with Gasteiger partial charge < -0.3 is 29.5 Å². The number of rotatable bonds is 3. The molecule has 10 nitrogen and oxygen atoms in total. The van der Waals surface area contributed by atoms with Crippen molar-refractivity contribution in [2.45, 2.75) is 83.1 Å². The van der Waals surface area contributed by atoms with Crippen LogP contribution >= 0.6 is 0 Å². The number of aliphatic hydroxyl groups excluding tert-OH is 2. The Labute approximate surface area is 226 Å². The summed E-state index contributed by atoms with van der Waals surface area (Å²) in [5.41, 5.74) is -6.75. The molecule has 1 aromatic carbocycles. The van der Waals surface area contributed by atoms with E-state index in [2.05, 4.69) is 0 Å². The van der Waals surface area contributed by atoms with E-state index in [0.717, 1.165) is 0 Å². The van der Waals surface area contributed by atoms with Crippen molar-refractivity contribution in [1.29, 1.82) is 0 Å². The molecule has 0 radical (unpaired) electrons. The van der Waals surface area contributed by atoms with Gasteiger partial charge in [-0.3, -0.25) is 14.4 Å². The molecule has 10 heteroatoms. The molecule has 3 aliphatic carbocycles. The fourth-order valence-corrected chi connectivity index (χ4v) is 7.95. The summed E-state index contributed by atoms with van der Waals surface area (Å²) in [6, 6.07) is 8.06. The normalized spacial score (nSPS) is 44.6. The topological polar surface area (TPSA) is 157 Å². The molecule has 2 bridgehead atoms. The van der Waals surface area contributed by atoms with E-state index in [4.69, 9.17) is 14.2 Å². The molecular formula is C29H36O10. The van der Waals surface area contributed by atoms with Crippen LogP contribution in [0.3, 0.4) is 0 Å². The highest BCUT2D eigenvalue weighted by Gasteiger charge is 2.78. The summed E-state index contributed by atoms with van der Waals surface area (Å²) in [7, 11) is 0. The van der Waals surface area contributed by atoms with Gasteiger partial charge in [-0.25, -0.2) is 4.79 Å². The van der Waals surface area contributed by atoms with Crippen molar-refractivity contribution >= 4 is 23.5 Å². The summed E-state index contributed by atoms with van der Waals surface area (Å²) in [6.45, 7) is 7.28. The van der Waals surface area contributed by atoms with Gasteiger partial charge in [-0.05, 0) is 25.0 Å². The maximum absolute atomic E-state index is 14.2. The first kappa shape index (κ1) is 27.9. The fourth-order valence-electron chi connectivity index (χ4n) is 7.95. The summed E-state index contributed by atoms with van der Waals surface area (Å²) in [4.78, 5) is 54.2. The minimum absolute atomic E-state index is 0.108. The Morgan fingerprint density at radius 1 is 1.08 bits per heavy atom. The second-order valence-electron chi connectivity index (χ2n) is 12.5. The summed E-state index contributed by atoms with van der Waals surface area (Å²) < 4.78 is 17.7. The number of hydrogen-bond acceptors (Lipinski definition) is 10. The van der Waals surface area contributed by atoms with E-state index in [1.807, 2.05) is 0 Å². The molecule has 4 unspecified atom stereocenters. The van der Waals surface area contributed by atoms with Crippen LogP contribution < -0.4 is 0 Å². The number of Topliss-reactive ketones (excluding diaryl/α,β-unsaturated/α-hetero) is 2. The highest BCUT2D eigenvalue weighted by Crippen LogP contribution is 2.64. The lowest BCUT2D eigenvalue weighted by Gasteiger charge is -2.67. The van der Waals surface area contributed by atoms with Gasteiger partial charge in [-0.15, -0.1) is 0 Å². The van der Waals surface area contributed by atoms with Crippen molar-refractivity contribution in [3.05, 3.63) is 35.9 Å². The quantitative estimate of drug-likeness (QED) is 0.373. The molecule has 0 spiro atoms. The van der Waals surface area contributed by atoms with Crippen LogP contribution in [0.4, 0.5) is 0 Å². The monoisotopic (exact) mass is 544 g/mol. The van der Waals surface area contributed by atoms with Gasteiger partial charge in [0, 0.05) is 31.1 Å². The molecule has 10 atom stereocenters. The molecule has 0 amide bonds. The van der Waals surface area contributed by atoms with Crippen molar-refractivity contribution in [1.82, 2.24) is 0 Å². The molecule has 4 aliphatic rings. The maximum Gasteiger partial charge on any atom is 0.338 e. The molecule has 0 aromatic heterocycles. The number of ketones is 2. The van der Waals surface area contributed by atoms with Gasteiger partial charge in [0.25, 0.3) is 0 Å². The summed E-state index contributed by atoms with van der Waals surface area (Å²) in [6.07, 6.45) is -5.48. The zero-order chi connectivity index (χ0) is 28.7. The first-order chi connectivity index (χ1) is 18.1. The van der Waals surface area contributed by atoms with E-state index in [-0.39, 0.29) is 25.0 Å². The van der Waals surface area contributed by atoms with Gasteiger partial charge in [0.2, 0.25) is 11.6 Å². The Kier molecular flexibility index (Phi) is 6.38. The molecule has 4 fully saturated rings. The number of carbonyl (C=O) groups excluding carboxylic acids is 4. The molecule has 1 saturated heterocycles. The Morgan fingerprint density at radius 2 is 1.72 bits per heavy atom. The summed E-state index contributed by atoms with van der Waals surface area (Å²) >= 11 is 0. The first-order valence-corrected chi connectivity index (χ1v) is 13.4. The number of esters is 2. The number of hydrogen-bond donors (Lipinski definition) is 3. The van der Waals surface area contributed by atoms with E-state index in [1.165, 1.54) is 26.0 Å². The number of benzene rings is 1. The van der Waals surface area contributed by atoms with Gasteiger partial charge >= 0.3 is 11.9 Å². The summed E-state index contributed by atoms with van der Waals surface area (Å²) in [5, 5.41) is 35.2. The SMILES string of the molecule is CC(=O)O[C@@]12CO[C@@H]1CC(O)[C@@]1(C)C(=O)C(=O)C3C(C)C(O)C[C@@](O)([C@@H](OC(=O)c4ccccc4)[C@H]21)C3(C)C. The largest absolute Gasteiger partial charge is 0.455 e. The van der Waals surface area contributed by atoms with Crippen LogP contribution in [-0.4, -0.2) is 81.0 Å². The molecule has 3 N–H and O–H groups in total. The van der Waals surface area contributed by atoms with Gasteiger partial charge in [-0.2, -0.15) is 0 Å². The van der Waals surface area contributed by atoms with Crippen LogP contribution in [0.25, 0.3) is 0 Å². The van der Waals surface area contributed by atoms with E-state index >= 15 is 0 Å².